The van der Waals surface area contributed by atoms with Crippen LogP contribution in [-0.2, 0) is 6.54 Å². The van der Waals surface area contributed by atoms with Gasteiger partial charge in [-0.05, 0) is 31.2 Å². The Hall–Kier alpha value is -2.40. The van der Waals surface area contributed by atoms with Crippen LogP contribution in [-0.4, -0.2) is 10.2 Å². The first-order valence-corrected chi connectivity index (χ1v) is 6.47. The highest BCUT2D eigenvalue weighted by Gasteiger charge is 2.11. The van der Waals surface area contributed by atoms with Crippen molar-refractivity contribution in [3.05, 3.63) is 60.4 Å². The molecule has 0 saturated carbocycles. The largest absolute Gasteiger partial charge is 0.468 e. The Balaban J connectivity index is 1.63. The summed E-state index contributed by atoms with van der Waals surface area (Å²) in [7, 11) is 0. The van der Waals surface area contributed by atoms with Crippen LogP contribution in [0.25, 0.3) is 11.5 Å². The van der Waals surface area contributed by atoms with Gasteiger partial charge in [0.1, 0.15) is 5.76 Å². The van der Waals surface area contributed by atoms with E-state index in [0.29, 0.717) is 18.3 Å². The van der Waals surface area contributed by atoms with E-state index in [-0.39, 0.29) is 6.04 Å². The minimum Gasteiger partial charge on any atom is -0.468 e. The maximum Gasteiger partial charge on any atom is 0.247 e. The van der Waals surface area contributed by atoms with Crippen molar-refractivity contribution >= 4 is 0 Å². The van der Waals surface area contributed by atoms with Crippen molar-refractivity contribution in [2.24, 2.45) is 0 Å². The van der Waals surface area contributed by atoms with Gasteiger partial charge in [-0.1, -0.05) is 18.2 Å². The smallest absolute Gasteiger partial charge is 0.247 e. The molecule has 0 unspecified atom stereocenters. The maximum atomic E-state index is 5.62. The van der Waals surface area contributed by atoms with Gasteiger partial charge in [0.15, 0.2) is 0 Å². The van der Waals surface area contributed by atoms with Gasteiger partial charge < -0.3 is 8.83 Å². The first-order valence-electron chi connectivity index (χ1n) is 6.47. The van der Waals surface area contributed by atoms with Crippen molar-refractivity contribution in [3.63, 3.8) is 0 Å². The number of furan rings is 1. The van der Waals surface area contributed by atoms with Gasteiger partial charge in [0.25, 0.3) is 0 Å². The summed E-state index contributed by atoms with van der Waals surface area (Å²) < 4.78 is 11.0. The van der Waals surface area contributed by atoms with E-state index in [9.17, 15) is 0 Å². The van der Waals surface area contributed by atoms with Crippen molar-refractivity contribution in [3.8, 4) is 11.5 Å². The van der Waals surface area contributed by atoms with Gasteiger partial charge in [-0.2, -0.15) is 0 Å². The van der Waals surface area contributed by atoms with Crippen LogP contribution >= 0.6 is 0 Å². The van der Waals surface area contributed by atoms with Crippen LogP contribution in [0.15, 0.2) is 57.6 Å². The van der Waals surface area contributed by atoms with Gasteiger partial charge in [-0.25, -0.2) is 0 Å². The quantitative estimate of drug-likeness (QED) is 0.770. The molecule has 3 rings (SSSR count). The lowest BCUT2D eigenvalue weighted by Crippen LogP contribution is -2.17. The molecule has 0 aliphatic carbocycles. The van der Waals surface area contributed by atoms with Crippen LogP contribution in [0.1, 0.15) is 24.6 Å². The average Bonchev–Trinajstić information content (AvgIpc) is 3.17. The topological polar surface area (TPSA) is 64.1 Å². The molecule has 0 spiro atoms. The Bertz CT molecular complexity index is 647. The predicted molar refractivity (Wildman–Crippen MR) is 73.7 cm³/mol. The van der Waals surface area contributed by atoms with Crippen molar-refractivity contribution in [1.82, 2.24) is 15.5 Å². The van der Waals surface area contributed by atoms with E-state index in [4.69, 9.17) is 8.83 Å². The minimum absolute atomic E-state index is 0.0945. The van der Waals surface area contributed by atoms with Gasteiger partial charge in [0.05, 0.1) is 18.8 Å². The zero-order valence-corrected chi connectivity index (χ0v) is 11.1. The predicted octanol–water partition coefficient (Wildman–Crippen LogP) is 3.18. The van der Waals surface area contributed by atoms with E-state index in [2.05, 4.69) is 15.5 Å². The molecule has 2 heterocycles. The Morgan fingerprint density at radius 3 is 2.70 bits per heavy atom. The molecule has 0 fully saturated rings. The molecule has 102 valence electrons. The number of aromatic nitrogens is 2. The lowest BCUT2D eigenvalue weighted by molar-refractivity contribution is 0.403. The Morgan fingerprint density at radius 2 is 1.95 bits per heavy atom. The number of hydrogen-bond donors (Lipinski definition) is 1. The molecular weight excluding hydrogens is 254 g/mol. The highest BCUT2D eigenvalue weighted by Crippen LogP contribution is 2.18. The van der Waals surface area contributed by atoms with E-state index < -0.39 is 0 Å². The van der Waals surface area contributed by atoms with Crippen LogP contribution in [0.3, 0.4) is 0 Å². The molecule has 0 amide bonds. The van der Waals surface area contributed by atoms with E-state index in [1.807, 2.05) is 49.4 Å². The number of rotatable bonds is 5. The molecule has 0 bridgehead atoms. The number of benzene rings is 1. The lowest BCUT2D eigenvalue weighted by Gasteiger charge is -2.08. The maximum absolute atomic E-state index is 5.62. The van der Waals surface area contributed by atoms with E-state index >= 15 is 0 Å². The molecule has 1 atom stereocenters. The number of nitrogens with zero attached hydrogens (tertiary/aromatic N) is 2. The van der Waals surface area contributed by atoms with Crippen molar-refractivity contribution in [2.75, 3.05) is 0 Å². The lowest BCUT2D eigenvalue weighted by atomic mass is 10.2. The summed E-state index contributed by atoms with van der Waals surface area (Å²) in [4.78, 5) is 0. The van der Waals surface area contributed by atoms with Crippen LogP contribution in [0.4, 0.5) is 0 Å². The normalized spacial score (nSPS) is 12.4. The molecule has 1 aromatic carbocycles. The second-order valence-corrected chi connectivity index (χ2v) is 4.48. The fourth-order valence-electron chi connectivity index (χ4n) is 1.90. The Labute approximate surface area is 116 Å². The van der Waals surface area contributed by atoms with Crippen LogP contribution in [0.2, 0.25) is 0 Å². The monoisotopic (exact) mass is 269 g/mol. The molecule has 0 aliphatic rings. The van der Waals surface area contributed by atoms with Crippen molar-refractivity contribution in [2.45, 2.75) is 19.5 Å². The second kappa shape index (κ2) is 5.71. The first-order chi connectivity index (χ1) is 9.83. The Kier molecular flexibility index (Phi) is 3.60. The third kappa shape index (κ3) is 2.78. The van der Waals surface area contributed by atoms with E-state index in [0.717, 1.165) is 11.3 Å². The molecule has 3 aromatic rings. The summed E-state index contributed by atoms with van der Waals surface area (Å²) in [5, 5.41) is 11.4. The molecule has 20 heavy (non-hydrogen) atoms. The van der Waals surface area contributed by atoms with Gasteiger partial charge in [0.2, 0.25) is 11.8 Å². The highest BCUT2D eigenvalue weighted by atomic mass is 16.4. The van der Waals surface area contributed by atoms with Gasteiger partial charge >= 0.3 is 0 Å². The van der Waals surface area contributed by atoms with Gasteiger partial charge in [-0.15, -0.1) is 10.2 Å². The van der Waals surface area contributed by atoms with Crippen molar-refractivity contribution in [1.29, 1.82) is 0 Å². The molecule has 0 aliphatic heterocycles. The zero-order chi connectivity index (χ0) is 13.8. The van der Waals surface area contributed by atoms with Crippen LogP contribution in [0.5, 0.6) is 0 Å². The zero-order valence-electron chi connectivity index (χ0n) is 11.1. The molecule has 1 N–H and O–H groups in total. The van der Waals surface area contributed by atoms with Crippen LogP contribution in [0, 0.1) is 0 Å². The molecule has 5 heteroatoms. The Morgan fingerprint density at radius 1 is 1.10 bits per heavy atom. The number of hydrogen-bond acceptors (Lipinski definition) is 5. The summed E-state index contributed by atoms with van der Waals surface area (Å²) in [5.41, 5.74) is 0.922. The highest BCUT2D eigenvalue weighted by molar-refractivity contribution is 5.51. The molecule has 0 saturated heterocycles. The average molecular weight is 269 g/mol. The van der Waals surface area contributed by atoms with E-state index in [1.165, 1.54) is 0 Å². The second-order valence-electron chi connectivity index (χ2n) is 4.48. The summed E-state index contributed by atoms with van der Waals surface area (Å²) >= 11 is 0. The molecular formula is C15H15N3O2. The standard InChI is InChI=1S/C15H15N3O2/c1-11(13-8-5-9-19-13)16-10-14-17-18-15(20-14)12-6-3-2-4-7-12/h2-9,11,16H,10H2,1H3/t11-/m0/s1. The molecule has 0 radical (unpaired) electrons. The summed E-state index contributed by atoms with van der Waals surface area (Å²) in [6.45, 7) is 2.52. The first kappa shape index (κ1) is 12.6. The van der Waals surface area contributed by atoms with Crippen molar-refractivity contribution < 1.29 is 8.83 Å². The van der Waals surface area contributed by atoms with Gasteiger partial charge in [0, 0.05) is 5.56 Å². The fourth-order valence-corrected chi connectivity index (χ4v) is 1.90. The van der Waals surface area contributed by atoms with E-state index in [1.54, 1.807) is 6.26 Å². The molecule has 5 nitrogen and oxygen atoms in total. The third-order valence-corrected chi connectivity index (χ3v) is 3.02. The minimum atomic E-state index is 0.0945. The third-order valence-electron chi connectivity index (χ3n) is 3.02. The van der Waals surface area contributed by atoms with Gasteiger partial charge in [-0.3, -0.25) is 5.32 Å². The summed E-state index contributed by atoms with van der Waals surface area (Å²) in [6, 6.07) is 13.6. The fraction of sp³-hybridized carbons (Fsp3) is 0.200. The SMILES string of the molecule is C[C@H](NCc1nnc(-c2ccccc2)o1)c1ccco1. The number of nitrogens with one attached hydrogen (secondary N) is 1. The summed E-state index contributed by atoms with van der Waals surface area (Å²) in [5.74, 6) is 1.98. The molecule has 2 aromatic heterocycles. The van der Waals surface area contributed by atoms with Crippen LogP contribution < -0.4 is 5.32 Å². The summed E-state index contributed by atoms with van der Waals surface area (Å²) in [6.07, 6.45) is 1.66.